The topological polar surface area (TPSA) is 83.9 Å². The number of anilines is 1. The molecule has 1 fully saturated rings. The molecule has 3 rings (SSSR count). The zero-order valence-corrected chi connectivity index (χ0v) is 11.9. The first-order valence-corrected chi connectivity index (χ1v) is 6.93. The van der Waals surface area contributed by atoms with Crippen LogP contribution in [-0.4, -0.2) is 15.7 Å². The predicted octanol–water partition coefficient (Wildman–Crippen LogP) is 2.67. The van der Waals surface area contributed by atoms with Crippen LogP contribution in [0.5, 0.6) is 0 Å². The minimum atomic E-state index is -0.109. The Morgan fingerprint density at radius 3 is 3.05 bits per heavy atom. The normalized spacial score (nSPS) is 20.3. The maximum atomic E-state index is 12.2. The largest absolute Gasteiger partial charge is 0.469 e. The summed E-state index contributed by atoms with van der Waals surface area (Å²) in [6, 6.07) is 5.90. The first kappa shape index (κ1) is 13.4. The minimum Gasteiger partial charge on any atom is -0.469 e. The number of hydrogen-bond donors (Lipinski definition) is 1. The van der Waals surface area contributed by atoms with Crippen LogP contribution in [0.15, 0.2) is 29.0 Å². The van der Waals surface area contributed by atoms with E-state index in [-0.39, 0.29) is 23.8 Å². The molecule has 0 spiro atoms. The fraction of sp³-hybridized carbons (Fsp3) is 0.400. The number of amides is 1. The summed E-state index contributed by atoms with van der Waals surface area (Å²) in [6.45, 7) is 3.93. The summed E-state index contributed by atoms with van der Waals surface area (Å²) >= 11 is 0. The van der Waals surface area contributed by atoms with Crippen LogP contribution in [0.25, 0.3) is 0 Å². The number of nitrogens with one attached hydrogen (secondary N) is 1. The van der Waals surface area contributed by atoms with Crippen molar-refractivity contribution in [3.05, 3.63) is 35.9 Å². The number of aromatic nitrogens is 2. The predicted molar refractivity (Wildman–Crippen MR) is 75.5 cm³/mol. The molecule has 2 atom stereocenters. The van der Waals surface area contributed by atoms with Crippen LogP contribution < -0.4 is 5.32 Å². The highest BCUT2D eigenvalue weighted by atomic mass is 16.3. The van der Waals surface area contributed by atoms with Gasteiger partial charge in [-0.15, -0.1) is 0 Å². The lowest BCUT2D eigenvalue weighted by atomic mass is 10.2. The Morgan fingerprint density at radius 2 is 2.43 bits per heavy atom. The third kappa shape index (κ3) is 2.55. The third-order valence-corrected chi connectivity index (χ3v) is 3.66. The van der Waals surface area contributed by atoms with Crippen LogP contribution in [-0.2, 0) is 4.79 Å². The Hall–Kier alpha value is -2.55. The lowest BCUT2D eigenvalue weighted by Gasteiger charge is -2.04. The highest BCUT2D eigenvalue weighted by molar-refractivity contribution is 5.95. The van der Waals surface area contributed by atoms with E-state index < -0.39 is 0 Å². The Bertz CT molecular complexity index is 694. The molecular weight excluding hydrogens is 268 g/mol. The fourth-order valence-electron chi connectivity index (χ4n) is 2.34. The molecule has 6 heteroatoms. The molecule has 2 heterocycles. The summed E-state index contributed by atoms with van der Waals surface area (Å²) in [5.41, 5.74) is 0.382. The second-order valence-electron chi connectivity index (χ2n) is 5.53. The molecule has 1 aliphatic carbocycles. The van der Waals surface area contributed by atoms with Crippen molar-refractivity contribution in [3.8, 4) is 6.07 Å². The molecule has 1 aliphatic rings. The van der Waals surface area contributed by atoms with Crippen molar-refractivity contribution >= 4 is 11.7 Å². The van der Waals surface area contributed by atoms with Gasteiger partial charge in [-0.25, -0.2) is 0 Å². The number of rotatable bonds is 4. The van der Waals surface area contributed by atoms with Crippen molar-refractivity contribution in [1.82, 2.24) is 9.78 Å². The second-order valence-corrected chi connectivity index (χ2v) is 5.53. The van der Waals surface area contributed by atoms with E-state index >= 15 is 0 Å². The Kier molecular flexibility index (Phi) is 3.26. The van der Waals surface area contributed by atoms with Gasteiger partial charge in [0.1, 0.15) is 17.4 Å². The fourth-order valence-corrected chi connectivity index (χ4v) is 2.34. The van der Waals surface area contributed by atoms with Gasteiger partial charge in [-0.1, -0.05) is 0 Å². The molecular formula is C15H16N4O2. The van der Waals surface area contributed by atoms with E-state index in [9.17, 15) is 4.79 Å². The number of carbonyl (C=O) groups excluding carboxylic acids is 1. The number of nitrogens with zero attached hydrogens (tertiary/aromatic N) is 3. The third-order valence-electron chi connectivity index (χ3n) is 3.66. The van der Waals surface area contributed by atoms with Crippen LogP contribution in [0.4, 0.5) is 5.82 Å². The van der Waals surface area contributed by atoms with Gasteiger partial charge in [-0.2, -0.15) is 10.4 Å². The maximum absolute atomic E-state index is 12.2. The molecule has 21 heavy (non-hydrogen) atoms. The maximum Gasteiger partial charge on any atom is 0.229 e. The van der Waals surface area contributed by atoms with Gasteiger partial charge < -0.3 is 9.73 Å². The van der Waals surface area contributed by atoms with Crippen molar-refractivity contribution in [2.75, 3.05) is 5.32 Å². The zero-order valence-electron chi connectivity index (χ0n) is 11.9. The van der Waals surface area contributed by atoms with Crippen molar-refractivity contribution in [2.45, 2.75) is 32.2 Å². The molecule has 1 N–H and O–H groups in total. The summed E-state index contributed by atoms with van der Waals surface area (Å²) in [7, 11) is 0. The first-order chi connectivity index (χ1) is 10.1. The van der Waals surface area contributed by atoms with E-state index in [0.717, 1.165) is 12.2 Å². The highest BCUT2D eigenvalue weighted by Crippen LogP contribution is 2.48. The van der Waals surface area contributed by atoms with Crippen LogP contribution in [0.2, 0.25) is 0 Å². The Balaban J connectivity index is 1.70. The lowest BCUT2D eigenvalue weighted by molar-refractivity contribution is -0.117. The van der Waals surface area contributed by atoms with Gasteiger partial charge in [0, 0.05) is 24.1 Å². The molecule has 1 saturated carbocycles. The van der Waals surface area contributed by atoms with E-state index in [2.05, 4.69) is 16.5 Å². The van der Waals surface area contributed by atoms with Crippen LogP contribution in [0, 0.1) is 17.2 Å². The number of carbonyl (C=O) groups is 1. The summed E-state index contributed by atoms with van der Waals surface area (Å²) in [6.07, 6.45) is 4.03. The lowest BCUT2D eigenvalue weighted by Crippen LogP contribution is -2.16. The molecule has 2 aromatic rings. The molecule has 0 radical (unpaired) electrons. The van der Waals surface area contributed by atoms with Gasteiger partial charge in [0.15, 0.2) is 5.82 Å². The zero-order chi connectivity index (χ0) is 15.0. The molecule has 6 nitrogen and oxygen atoms in total. The van der Waals surface area contributed by atoms with Gasteiger partial charge >= 0.3 is 0 Å². The van der Waals surface area contributed by atoms with Crippen molar-refractivity contribution in [3.63, 3.8) is 0 Å². The van der Waals surface area contributed by atoms with Gasteiger partial charge in [-0.05, 0) is 32.4 Å². The molecule has 2 unspecified atom stereocenters. The van der Waals surface area contributed by atoms with Crippen molar-refractivity contribution in [1.29, 1.82) is 5.26 Å². The average molecular weight is 284 g/mol. The summed E-state index contributed by atoms with van der Waals surface area (Å²) in [4.78, 5) is 12.2. The van der Waals surface area contributed by atoms with E-state index in [1.165, 1.54) is 0 Å². The number of hydrogen-bond acceptors (Lipinski definition) is 4. The van der Waals surface area contributed by atoms with Gasteiger partial charge in [0.2, 0.25) is 5.91 Å². The molecule has 1 amide bonds. The van der Waals surface area contributed by atoms with E-state index in [4.69, 9.17) is 9.68 Å². The Labute approximate surface area is 122 Å². The molecule has 0 saturated heterocycles. The molecule has 0 bridgehead atoms. The van der Waals surface area contributed by atoms with Crippen LogP contribution >= 0.6 is 0 Å². The SMILES string of the molecule is CC(C)n1cc(C#N)c(NC(=O)C2CC2c2ccco2)n1. The first-order valence-electron chi connectivity index (χ1n) is 6.93. The van der Waals surface area contributed by atoms with Gasteiger partial charge in [0.05, 0.1) is 6.26 Å². The molecule has 0 aromatic carbocycles. The van der Waals surface area contributed by atoms with Crippen molar-refractivity contribution < 1.29 is 9.21 Å². The van der Waals surface area contributed by atoms with E-state index in [1.807, 2.05) is 26.0 Å². The summed E-state index contributed by atoms with van der Waals surface area (Å²) in [5.74, 6) is 1.09. The highest BCUT2D eigenvalue weighted by Gasteiger charge is 2.46. The second kappa shape index (κ2) is 5.09. The molecule has 108 valence electrons. The quantitative estimate of drug-likeness (QED) is 0.935. The Morgan fingerprint density at radius 1 is 1.62 bits per heavy atom. The van der Waals surface area contributed by atoms with Crippen molar-refractivity contribution in [2.24, 2.45) is 5.92 Å². The van der Waals surface area contributed by atoms with E-state index in [1.54, 1.807) is 17.1 Å². The summed E-state index contributed by atoms with van der Waals surface area (Å²) in [5, 5.41) is 16.1. The summed E-state index contributed by atoms with van der Waals surface area (Å²) < 4.78 is 6.99. The molecule has 0 aliphatic heterocycles. The standard InChI is InChI=1S/C15H16N4O2/c1-9(2)19-8-10(7-16)14(18-19)17-15(20)12-6-11(12)13-4-3-5-21-13/h3-5,8-9,11-12H,6H2,1-2H3,(H,17,18,20). The van der Waals surface area contributed by atoms with Gasteiger partial charge in [-0.3, -0.25) is 9.48 Å². The van der Waals surface area contributed by atoms with Gasteiger partial charge in [0.25, 0.3) is 0 Å². The smallest absolute Gasteiger partial charge is 0.229 e. The number of nitriles is 1. The number of furan rings is 1. The monoisotopic (exact) mass is 284 g/mol. The van der Waals surface area contributed by atoms with Crippen LogP contribution in [0.1, 0.15) is 43.6 Å². The molecule has 2 aromatic heterocycles. The average Bonchev–Trinajstić information content (AvgIpc) is 2.89. The van der Waals surface area contributed by atoms with Crippen LogP contribution in [0.3, 0.4) is 0 Å². The van der Waals surface area contributed by atoms with E-state index in [0.29, 0.717) is 11.4 Å². The minimum absolute atomic E-state index is 0.105.